The van der Waals surface area contributed by atoms with Crippen LogP contribution in [-0.4, -0.2) is 12.5 Å². The van der Waals surface area contributed by atoms with E-state index in [0.29, 0.717) is 12.1 Å². The van der Waals surface area contributed by atoms with Crippen LogP contribution in [0.5, 0.6) is 0 Å². The van der Waals surface area contributed by atoms with E-state index in [0.717, 1.165) is 0 Å². The third-order valence-corrected chi connectivity index (χ3v) is 1.83. The molecule has 0 saturated carbocycles. The van der Waals surface area contributed by atoms with Gasteiger partial charge < -0.3 is 5.32 Å². The molecule has 0 aliphatic carbocycles. The zero-order valence-corrected chi connectivity index (χ0v) is 8.03. The second-order valence-electron chi connectivity index (χ2n) is 3.11. The topological polar surface area (TPSA) is 52.9 Å². The predicted molar refractivity (Wildman–Crippen MR) is 53.6 cm³/mol. The second kappa shape index (κ2) is 5.03. The predicted octanol–water partition coefficient (Wildman–Crippen LogP) is 1.58. The number of carbonyl (C=O) groups is 1. The second-order valence-corrected chi connectivity index (χ2v) is 3.11. The van der Waals surface area contributed by atoms with Crippen LogP contribution in [0.3, 0.4) is 0 Å². The van der Waals surface area contributed by atoms with Gasteiger partial charge in [-0.2, -0.15) is 5.26 Å². The van der Waals surface area contributed by atoms with Gasteiger partial charge in [0.1, 0.15) is 0 Å². The van der Waals surface area contributed by atoms with Crippen LogP contribution < -0.4 is 5.32 Å². The van der Waals surface area contributed by atoms with Crippen molar-refractivity contribution in [2.75, 3.05) is 6.54 Å². The first-order valence-corrected chi connectivity index (χ1v) is 4.47. The number of carbonyl (C=O) groups excluding carboxylic acids is 1. The van der Waals surface area contributed by atoms with Gasteiger partial charge >= 0.3 is 0 Å². The summed E-state index contributed by atoms with van der Waals surface area (Å²) in [5.41, 5.74) is 0.623. The van der Waals surface area contributed by atoms with E-state index in [1.165, 1.54) is 0 Å². The zero-order valence-electron chi connectivity index (χ0n) is 8.03. The minimum Gasteiger partial charge on any atom is -0.351 e. The lowest BCUT2D eigenvalue weighted by Gasteiger charge is -2.05. The van der Waals surface area contributed by atoms with Crippen LogP contribution in [-0.2, 0) is 0 Å². The SMILES string of the molecule is C[C@@H](C#N)CNC(=O)c1ccccc1. The van der Waals surface area contributed by atoms with E-state index in [2.05, 4.69) is 11.4 Å². The molecule has 72 valence electrons. The number of nitrogens with zero attached hydrogens (tertiary/aromatic N) is 1. The molecule has 1 N–H and O–H groups in total. The van der Waals surface area contributed by atoms with Gasteiger partial charge in [-0.05, 0) is 19.1 Å². The molecule has 0 aliphatic heterocycles. The summed E-state index contributed by atoms with van der Waals surface area (Å²) in [4.78, 5) is 11.4. The summed E-state index contributed by atoms with van der Waals surface area (Å²) in [5, 5.41) is 11.2. The van der Waals surface area contributed by atoms with Gasteiger partial charge in [-0.25, -0.2) is 0 Å². The van der Waals surface area contributed by atoms with Crippen molar-refractivity contribution >= 4 is 5.91 Å². The molecule has 14 heavy (non-hydrogen) atoms. The van der Waals surface area contributed by atoms with Crippen molar-refractivity contribution in [3.63, 3.8) is 0 Å². The Morgan fingerprint density at radius 1 is 1.50 bits per heavy atom. The van der Waals surface area contributed by atoms with Crippen molar-refractivity contribution in [1.82, 2.24) is 5.32 Å². The molecule has 0 bridgehead atoms. The quantitative estimate of drug-likeness (QED) is 0.782. The number of hydrogen-bond donors (Lipinski definition) is 1. The Kier molecular flexibility index (Phi) is 3.69. The molecule has 0 aliphatic rings. The molecule has 1 amide bonds. The largest absolute Gasteiger partial charge is 0.351 e. The zero-order chi connectivity index (χ0) is 10.4. The Labute approximate surface area is 83.4 Å². The highest BCUT2D eigenvalue weighted by Gasteiger charge is 2.05. The summed E-state index contributed by atoms with van der Waals surface area (Å²) >= 11 is 0. The highest BCUT2D eigenvalue weighted by Crippen LogP contribution is 1.98. The Morgan fingerprint density at radius 2 is 2.14 bits per heavy atom. The van der Waals surface area contributed by atoms with Crippen LogP contribution in [0.15, 0.2) is 30.3 Å². The maximum Gasteiger partial charge on any atom is 0.251 e. The molecule has 1 rings (SSSR count). The molecule has 0 radical (unpaired) electrons. The number of hydrogen-bond acceptors (Lipinski definition) is 2. The van der Waals surface area contributed by atoms with Crippen LogP contribution in [0, 0.1) is 17.2 Å². The van der Waals surface area contributed by atoms with Gasteiger partial charge in [-0.15, -0.1) is 0 Å². The highest BCUT2D eigenvalue weighted by atomic mass is 16.1. The first-order chi connectivity index (χ1) is 6.74. The van der Waals surface area contributed by atoms with Crippen molar-refractivity contribution < 1.29 is 4.79 Å². The van der Waals surface area contributed by atoms with Gasteiger partial charge in [0.2, 0.25) is 0 Å². The fraction of sp³-hybridized carbons (Fsp3) is 0.273. The van der Waals surface area contributed by atoms with Gasteiger partial charge in [-0.3, -0.25) is 4.79 Å². The van der Waals surface area contributed by atoms with Crippen LogP contribution in [0.2, 0.25) is 0 Å². The Hall–Kier alpha value is -1.82. The Bertz CT molecular complexity index is 340. The lowest BCUT2D eigenvalue weighted by atomic mass is 10.2. The van der Waals surface area contributed by atoms with Crippen LogP contribution in [0.25, 0.3) is 0 Å². The van der Waals surface area contributed by atoms with E-state index in [9.17, 15) is 4.79 Å². The average Bonchev–Trinajstić information content (AvgIpc) is 2.26. The molecule has 3 nitrogen and oxygen atoms in total. The van der Waals surface area contributed by atoms with Crippen molar-refractivity contribution in [1.29, 1.82) is 5.26 Å². The van der Waals surface area contributed by atoms with Gasteiger partial charge in [0.05, 0.1) is 12.0 Å². The Morgan fingerprint density at radius 3 is 2.71 bits per heavy atom. The van der Waals surface area contributed by atoms with E-state index < -0.39 is 0 Å². The number of rotatable bonds is 3. The summed E-state index contributed by atoms with van der Waals surface area (Å²) in [6.07, 6.45) is 0. The minimum absolute atomic E-state index is 0.132. The number of amides is 1. The molecular weight excluding hydrogens is 176 g/mol. The monoisotopic (exact) mass is 188 g/mol. The summed E-state index contributed by atoms with van der Waals surface area (Å²) < 4.78 is 0. The standard InChI is InChI=1S/C11H12N2O/c1-9(7-12)8-13-11(14)10-5-3-2-4-6-10/h2-6,9H,8H2,1H3,(H,13,14)/t9-/m0/s1. The number of benzene rings is 1. The van der Waals surface area contributed by atoms with Crippen LogP contribution >= 0.6 is 0 Å². The molecule has 0 saturated heterocycles. The van der Waals surface area contributed by atoms with Crippen molar-refractivity contribution in [2.24, 2.45) is 5.92 Å². The third kappa shape index (κ3) is 2.91. The molecular formula is C11H12N2O. The normalized spacial score (nSPS) is 11.4. The van der Waals surface area contributed by atoms with Crippen molar-refractivity contribution in [3.05, 3.63) is 35.9 Å². The molecule has 0 unspecified atom stereocenters. The highest BCUT2D eigenvalue weighted by molar-refractivity contribution is 5.94. The fourth-order valence-electron chi connectivity index (χ4n) is 0.983. The maximum absolute atomic E-state index is 11.4. The van der Waals surface area contributed by atoms with Crippen molar-refractivity contribution in [3.8, 4) is 6.07 Å². The van der Waals surface area contributed by atoms with Crippen LogP contribution in [0.4, 0.5) is 0 Å². The van der Waals surface area contributed by atoms with E-state index in [1.807, 2.05) is 18.2 Å². The molecule has 1 atom stereocenters. The molecule has 0 spiro atoms. The fourth-order valence-corrected chi connectivity index (χ4v) is 0.983. The molecule has 3 heteroatoms. The molecule has 1 aromatic carbocycles. The first kappa shape index (κ1) is 10.3. The van der Waals surface area contributed by atoms with Gasteiger partial charge in [0, 0.05) is 12.1 Å². The lowest BCUT2D eigenvalue weighted by Crippen LogP contribution is -2.27. The van der Waals surface area contributed by atoms with Gasteiger partial charge in [0.25, 0.3) is 5.91 Å². The molecule has 0 heterocycles. The summed E-state index contributed by atoms with van der Waals surface area (Å²) in [5.74, 6) is -0.282. The van der Waals surface area contributed by atoms with Crippen molar-refractivity contribution in [2.45, 2.75) is 6.92 Å². The smallest absolute Gasteiger partial charge is 0.251 e. The summed E-state index contributed by atoms with van der Waals surface area (Å²) in [6, 6.07) is 11.0. The molecule has 1 aromatic rings. The minimum atomic E-state index is -0.150. The van der Waals surface area contributed by atoms with Crippen LogP contribution in [0.1, 0.15) is 17.3 Å². The van der Waals surface area contributed by atoms with E-state index in [1.54, 1.807) is 19.1 Å². The average molecular weight is 188 g/mol. The lowest BCUT2D eigenvalue weighted by molar-refractivity contribution is 0.0951. The third-order valence-electron chi connectivity index (χ3n) is 1.83. The van der Waals surface area contributed by atoms with E-state index in [-0.39, 0.29) is 11.8 Å². The van der Waals surface area contributed by atoms with E-state index >= 15 is 0 Å². The van der Waals surface area contributed by atoms with Gasteiger partial charge in [0.15, 0.2) is 0 Å². The first-order valence-electron chi connectivity index (χ1n) is 4.47. The maximum atomic E-state index is 11.4. The Balaban J connectivity index is 2.49. The number of nitriles is 1. The summed E-state index contributed by atoms with van der Waals surface area (Å²) in [7, 11) is 0. The van der Waals surface area contributed by atoms with Gasteiger partial charge in [-0.1, -0.05) is 18.2 Å². The summed E-state index contributed by atoms with van der Waals surface area (Å²) in [6.45, 7) is 2.16. The molecule has 0 aromatic heterocycles. The molecule has 0 fully saturated rings. The van der Waals surface area contributed by atoms with E-state index in [4.69, 9.17) is 5.26 Å². The number of nitrogens with one attached hydrogen (secondary N) is 1.